The molecule has 0 spiro atoms. The smallest absolute Gasteiger partial charge is 0.195 e. The third-order valence-corrected chi connectivity index (χ3v) is 6.17. The van der Waals surface area contributed by atoms with E-state index in [-0.39, 0.29) is 0 Å². The van der Waals surface area contributed by atoms with Gasteiger partial charge in [0.25, 0.3) is 0 Å². The molecule has 1 aromatic carbocycles. The van der Waals surface area contributed by atoms with Crippen LogP contribution < -0.4 is 15.4 Å². The number of nitrogens with zero attached hydrogens (tertiary/aromatic N) is 2. The van der Waals surface area contributed by atoms with Crippen molar-refractivity contribution in [3.8, 4) is 5.75 Å². The van der Waals surface area contributed by atoms with Crippen LogP contribution in [0.3, 0.4) is 0 Å². The zero-order valence-corrected chi connectivity index (χ0v) is 18.9. The number of methoxy groups -OCH3 is 1. The summed E-state index contributed by atoms with van der Waals surface area (Å²) in [5.41, 5.74) is 0.970. The second-order valence-electron chi connectivity index (χ2n) is 7.60. The molecular formula is C23H34N4O2S. The van der Waals surface area contributed by atoms with Crippen molar-refractivity contribution in [1.29, 1.82) is 0 Å². The first-order valence-corrected chi connectivity index (χ1v) is 11.6. The van der Waals surface area contributed by atoms with Crippen molar-refractivity contribution in [2.45, 2.75) is 25.8 Å². The zero-order chi connectivity index (χ0) is 21.0. The Labute approximate surface area is 184 Å². The molecule has 30 heavy (non-hydrogen) atoms. The number of hydrogen-bond acceptors (Lipinski definition) is 5. The van der Waals surface area contributed by atoms with Crippen molar-refractivity contribution in [3.63, 3.8) is 0 Å². The maximum Gasteiger partial charge on any atom is 0.195 e. The topological polar surface area (TPSA) is 58.1 Å². The average Bonchev–Trinajstić information content (AvgIpc) is 3.28. The van der Waals surface area contributed by atoms with Crippen LogP contribution in [-0.4, -0.2) is 57.9 Å². The number of likely N-dealkylation sites (tertiary alicyclic amines) is 1. The fourth-order valence-corrected chi connectivity index (χ4v) is 4.33. The SMILES string of the molecule is CN=C(NCC1CCN(Cc2cccs2)CC1)Nc1cccc(OCCCOC)c1. The fraction of sp³-hybridized carbons (Fsp3) is 0.522. The van der Waals surface area contributed by atoms with Gasteiger partial charge in [-0.3, -0.25) is 9.89 Å². The third kappa shape index (κ3) is 7.63. The predicted molar refractivity (Wildman–Crippen MR) is 126 cm³/mol. The summed E-state index contributed by atoms with van der Waals surface area (Å²) < 4.78 is 10.8. The second kappa shape index (κ2) is 12.6. The van der Waals surface area contributed by atoms with Crippen LogP contribution in [0.25, 0.3) is 0 Å². The Morgan fingerprint density at radius 3 is 2.80 bits per heavy atom. The molecule has 1 fully saturated rings. The minimum absolute atomic E-state index is 0.648. The number of nitrogens with one attached hydrogen (secondary N) is 2. The normalized spacial score (nSPS) is 15.9. The number of guanidine groups is 1. The van der Waals surface area contributed by atoms with Gasteiger partial charge < -0.3 is 20.1 Å². The van der Waals surface area contributed by atoms with E-state index in [0.29, 0.717) is 19.1 Å². The molecule has 2 N–H and O–H groups in total. The van der Waals surface area contributed by atoms with Crippen LogP contribution in [0.1, 0.15) is 24.1 Å². The Morgan fingerprint density at radius 1 is 1.20 bits per heavy atom. The molecule has 0 atom stereocenters. The van der Waals surface area contributed by atoms with Crippen LogP contribution in [0.15, 0.2) is 46.8 Å². The highest BCUT2D eigenvalue weighted by molar-refractivity contribution is 7.09. The number of piperidine rings is 1. The van der Waals surface area contributed by atoms with E-state index in [9.17, 15) is 0 Å². The first-order valence-electron chi connectivity index (χ1n) is 10.7. The van der Waals surface area contributed by atoms with Crippen LogP contribution in [0.5, 0.6) is 5.75 Å². The lowest BCUT2D eigenvalue weighted by molar-refractivity contribution is 0.172. The molecule has 2 heterocycles. The van der Waals surface area contributed by atoms with E-state index in [1.165, 1.54) is 30.8 Å². The maximum absolute atomic E-state index is 5.78. The Kier molecular flexibility index (Phi) is 9.47. The summed E-state index contributed by atoms with van der Waals surface area (Å²) in [5.74, 6) is 2.33. The minimum Gasteiger partial charge on any atom is -0.493 e. The molecule has 1 aliphatic heterocycles. The van der Waals surface area contributed by atoms with Gasteiger partial charge in [-0.05, 0) is 55.4 Å². The number of benzene rings is 1. The van der Waals surface area contributed by atoms with Gasteiger partial charge in [0.15, 0.2) is 5.96 Å². The van der Waals surface area contributed by atoms with Crippen molar-refractivity contribution in [2.75, 3.05) is 52.3 Å². The van der Waals surface area contributed by atoms with E-state index < -0.39 is 0 Å². The molecule has 1 aromatic heterocycles. The molecule has 2 aromatic rings. The van der Waals surface area contributed by atoms with Crippen LogP contribution >= 0.6 is 11.3 Å². The molecule has 0 amide bonds. The molecule has 1 aliphatic rings. The van der Waals surface area contributed by atoms with E-state index in [4.69, 9.17) is 9.47 Å². The standard InChI is InChI=1S/C23H34N4O2S/c1-24-23(26-20-6-3-7-21(16-20)29-14-5-13-28-2)25-17-19-9-11-27(12-10-19)18-22-8-4-15-30-22/h3-4,6-8,15-16,19H,5,9-14,17-18H2,1-2H3,(H2,24,25,26). The monoisotopic (exact) mass is 430 g/mol. The van der Waals surface area contributed by atoms with E-state index in [1.54, 1.807) is 7.11 Å². The van der Waals surface area contributed by atoms with Crippen molar-refractivity contribution >= 4 is 23.0 Å². The van der Waals surface area contributed by atoms with Gasteiger partial charge in [0.05, 0.1) is 6.61 Å². The Bertz CT molecular complexity index is 758. The molecule has 3 rings (SSSR count). The molecular weight excluding hydrogens is 396 g/mol. The largest absolute Gasteiger partial charge is 0.493 e. The van der Waals surface area contributed by atoms with Gasteiger partial charge in [0.1, 0.15) is 5.75 Å². The highest BCUT2D eigenvalue weighted by Crippen LogP contribution is 2.21. The Hall–Kier alpha value is -2.09. The van der Waals surface area contributed by atoms with Gasteiger partial charge in [-0.15, -0.1) is 11.3 Å². The molecule has 164 valence electrons. The number of anilines is 1. The maximum atomic E-state index is 5.78. The van der Waals surface area contributed by atoms with Gasteiger partial charge in [-0.25, -0.2) is 0 Å². The van der Waals surface area contributed by atoms with Crippen LogP contribution in [0.4, 0.5) is 5.69 Å². The minimum atomic E-state index is 0.648. The van der Waals surface area contributed by atoms with Crippen molar-refractivity contribution in [1.82, 2.24) is 10.2 Å². The van der Waals surface area contributed by atoms with Crippen LogP contribution in [-0.2, 0) is 11.3 Å². The molecule has 0 saturated carbocycles. The lowest BCUT2D eigenvalue weighted by atomic mass is 9.97. The molecule has 0 radical (unpaired) electrons. The predicted octanol–water partition coefficient (Wildman–Crippen LogP) is 4.06. The molecule has 0 unspecified atom stereocenters. The van der Waals surface area contributed by atoms with Crippen molar-refractivity contribution in [3.05, 3.63) is 46.7 Å². The summed E-state index contributed by atoms with van der Waals surface area (Å²) in [6.45, 7) is 5.72. The molecule has 7 heteroatoms. The van der Waals surface area contributed by atoms with Gasteiger partial charge >= 0.3 is 0 Å². The molecule has 0 aliphatic carbocycles. The molecule has 6 nitrogen and oxygen atoms in total. The van der Waals surface area contributed by atoms with Crippen molar-refractivity contribution < 1.29 is 9.47 Å². The quantitative estimate of drug-likeness (QED) is 0.338. The Morgan fingerprint density at radius 2 is 2.07 bits per heavy atom. The van der Waals surface area contributed by atoms with E-state index >= 15 is 0 Å². The van der Waals surface area contributed by atoms with Crippen LogP contribution in [0, 0.1) is 5.92 Å². The first-order chi connectivity index (χ1) is 14.8. The summed E-state index contributed by atoms with van der Waals surface area (Å²) in [5, 5.41) is 9.03. The first kappa shape index (κ1) is 22.6. The van der Waals surface area contributed by atoms with E-state index in [2.05, 4.69) is 38.0 Å². The van der Waals surface area contributed by atoms with Gasteiger partial charge in [-0.2, -0.15) is 0 Å². The van der Waals surface area contributed by atoms with Crippen LogP contribution in [0.2, 0.25) is 0 Å². The van der Waals surface area contributed by atoms with Gasteiger partial charge in [0.2, 0.25) is 0 Å². The highest BCUT2D eigenvalue weighted by atomic mass is 32.1. The van der Waals surface area contributed by atoms with Crippen molar-refractivity contribution in [2.24, 2.45) is 10.9 Å². The summed E-state index contributed by atoms with van der Waals surface area (Å²) in [6.07, 6.45) is 3.32. The second-order valence-corrected chi connectivity index (χ2v) is 8.63. The fourth-order valence-electron chi connectivity index (χ4n) is 3.59. The van der Waals surface area contributed by atoms with Gasteiger partial charge in [0, 0.05) is 56.9 Å². The number of hydrogen-bond donors (Lipinski definition) is 2. The summed E-state index contributed by atoms with van der Waals surface area (Å²) >= 11 is 1.85. The lowest BCUT2D eigenvalue weighted by Crippen LogP contribution is -2.40. The summed E-state index contributed by atoms with van der Waals surface area (Å²) in [4.78, 5) is 8.40. The van der Waals surface area contributed by atoms with E-state index in [0.717, 1.165) is 36.9 Å². The number of rotatable bonds is 10. The van der Waals surface area contributed by atoms with Gasteiger partial charge in [-0.1, -0.05) is 12.1 Å². The molecule has 0 bridgehead atoms. The van der Waals surface area contributed by atoms with E-state index in [1.807, 2.05) is 42.6 Å². The summed E-state index contributed by atoms with van der Waals surface area (Å²) in [7, 11) is 3.52. The number of ether oxygens (including phenoxy) is 2. The Balaban J connectivity index is 1.39. The lowest BCUT2D eigenvalue weighted by Gasteiger charge is -2.32. The summed E-state index contributed by atoms with van der Waals surface area (Å²) in [6, 6.07) is 12.4. The average molecular weight is 431 g/mol. The molecule has 1 saturated heterocycles. The number of aliphatic imine (C=N–C) groups is 1. The zero-order valence-electron chi connectivity index (χ0n) is 18.1. The third-order valence-electron chi connectivity index (χ3n) is 5.31. The highest BCUT2D eigenvalue weighted by Gasteiger charge is 2.19. The number of thiophene rings is 1.